The number of carbonyl (C=O) groups is 2. The smallest absolute Gasteiger partial charge is 0.238 e. The van der Waals surface area contributed by atoms with E-state index in [4.69, 9.17) is 0 Å². The van der Waals surface area contributed by atoms with Crippen molar-refractivity contribution in [3.05, 3.63) is 46.7 Å². The first-order chi connectivity index (χ1) is 12.6. The standard InChI is InChI=1S/C19H24N4O2S/c1-15(24)20-16-4-2-5-17(12-16)21-19(25)14-23-9-7-22(8-10-23)13-18-6-3-11-26-18/h2-6,11-12H,7-10,13-14H2,1H3,(H,20,24)(H,21,25). The van der Waals surface area contributed by atoms with Gasteiger partial charge in [-0.15, -0.1) is 11.3 Å². The van der Waals surface area contributed by atoms with Gasteiger partial charge in [-0.1, -0.05) is 12.1 Å². The number of amides is 2. The minimum atomic E-state index is -0.131. The lowest BCUT2D eigenvalue weighted by atomic mass is 10.2. The lowest BCUT2D eigenvalue weighted by Crippen LogP contribution is -2.48. The van der Waals surface area contributed by atoms with E-state index in [-0.39, 0.29) is 11.8 Å². The average Bonchev–Trinajstić information content (AvgIpc) is 3.09. The Hall–Kier alpha value is -2.22. The van der Waals surface area contributed by atoms with Crippen molar-refractivity contribution >= 4 is 34.5 Å². The van der Waals surface area contributed by atoms with E-state index in [2.05, 4.69) is 37.9 Å². The maximum Gasteiger partial charge on any atom is 0.238 e. The summed E-state index contributed by atoms with van der Waals surface area (Å²) in [6, 6.07) is 11.4. The SMILES string of the molecule is CC(=O)Nc1cccc(NC(=O)CN2CCN(Cc3cccs3)CC2)c1. The number of carbonyl (C=O) groups excluding carboxylic acids is 2. The van der Waals surface area contributed by atoms with E-state index in [1.165, 1.54) is 11.8 Å². The molecular formula is C19H24N4O2S. The Kier molecular flexibility index (Phi) is 6.38. The van der Waals surface area contributed by atoms with E-state index in [0.29, 0.717) is 17.9 Å². The third-order valence-electron chi connectivity index (χ3n) is 4.26. The molecule has 1 aromatic carbocycles. The number of piperazine rings is 1. The van der Waals surface area contributed by atoms with Crippen molar-refractivity contribution in [2.24, 2.45) is 0 Å². The van der Waals surface area contributed by atoms with Gasteiger partial charge in [-0.2, -0.15) is 0 Å². The fourth-order valence-electron chi connectivity index (χ4n) is 3.01. The lowest BCUT2D eigenvalue weighted by molar-refractivity contribution is -0.117. The van der Waals surface area contributed by atoms with Crippen molar-refractivity contribution in [2.75, 3.05) is 43.4 Å². The topological polar surface area (TPSA) is 64.7 Å². The van der Waals surface area contributed by atoms with Crippen molar-refractivity contribution in [2.45, 2.75) is 13.5 Å². The zero-order chi connectivity index (χ0) is 18.4. The molecule has 1 saturated heterocycles. The summed E-state index contributed by atoms with van der Waals surface area (Å²) in [5, 5.41) is 7.73. The van der Waals surface area contributed by atoms with Crippen LogP contribution in [-0.2, 0) is 16.1 Å². The van der Waals surface area contributed by atoms with Crippen LogP contribution in [0.4, 0.5) is 11.4 Å². The second kappa shape index (κ2) is 8.93. The highest BCUT2D eigenvalue weighted by Gasteiger charge is 2.19. The van der Waals surface area contributed by atoms with Crippen LogP contribution in [0, 0.1) is 0 Å². The molecule has 0 aliphatic carbocycles. The molecule has 1 aliphatic heterocycles. The minimum Gasteiger partial charge on any atom is -0.326 e. The second-order valence-electron chi connectivity index (χ2n) is 6.44. The fraction of sp³-hybridized carbons (Fsp3) is 0.368. The Morgan fingerprint density at radius 3 is 2.35 bits per heavy atom. The molecule has 26 heavy (non-hydrogen) atoms. The van der Waals surface area contributed by atoms with Gasteiger partial charge in [-0.25, -0.2) is 0 Å². The first-order valence-electron chi connectivity index (χ1n) is 8.73. The third-order valence-corrected chi connectivity index (χ3v) is 5.12. The quantitative estimate of drug-likeness (QED) is 0.818. The maximum atomic E-state index is 12.3. The van der Waals surface area contributed by atoms with E-state index < -0.39 is 0 Å². The summed E-state index contributed by atoms with van der Waals surface area (Å²) in [4.78, 5) is 29.4. The van der Waals surface area contributed by atoms with E-state index in [1.807, 2.05) is 12.1 Å². The zero-order valence-corrected chi connectivity index (χ0v) is 15.7. The van der Waals surface area contributed by atoms with E-state index >= 15 is 0 Å². The van der Waals surface area contributed by atoms with Crippen LogP contribution in [0.3, 0.4) is 0 Å². The summed E-state index contributed by atoms with van der Waals surface area (Å²) in [7, 11) is 0. The molecule has 0 unspecified atom stereocenters. The first kappa shape index (κ1) is 18.6. The van der Waals surface area contributed by atoms with Crippen LogP contribution >= 0.6 is 11.3 Å². The molecule has 138 valence electrons. The molecule has 6 nitrogen and oxygen atoms in total. The number of anilines is 2. The first-order valence-corrected chi connectivity index (χ1v) is 9.61. The number of hydrogen-bond acceptors (Lipinski definition) is 5. The summed E-state index contributed by atoms with van der Waals surface area (Å²) in [5.74, 6) is -0.162. The largest absolute Gasteiger partial charge is 0.326 e. The predicted octanol–water partition coefficient (Wildman–Crippen LogP) is 2.46. The molecule has 0 bridgehead atoms. The summed E-state index contributed by atoms with van der Waals surface area (Å²) in [5.41, 5.74) is 1.37. The highest BCUT2D eigenvalue weighted by atomic mass is 32.1. The number of hydrogen-bond donors (Lipinski definition) is 2. The molecule has 0 radical (unpaired) electrons. The fourth-order valence-corrected chi connectivity index (χ4v) is 3.76. The van der Waals surface area contributed by atoms with Gasteiger partial charge in [-0.3, -0.25) is 19.4 Å². The van der Waals surface area contributed by atoms with E-state index in [9.17, 15) is 9.59 Å². The molecule has 1 aromatic heterocycles. The van der Waals surface area contributed by atoms with Gasteiger partial charge in [0.1, 0.15) is 0 Å². The summed E-state index contributed by atoms with van der Waals surface area (Å²) in [6.45, 7) is 6.58. The Morgan fingerprint density at radius 2 is 1.69 bits per heavy atom. The second-order valence-corrected chi connectivity index (χ2v) is 7.47. The number of rotatable bonds is 6. The van der Waals surface area contributed by atoms with Crippen molar-refractivity contribution < 1.29 is 9.59 Å². The van der Waals surface area contributed by atoms with Crippen LogP contribution < -0.4 is 10.6 Å². The van der Waals surface area contributed by atoms with Crippen LogP contribution in [0.5, 0.6) is 0 Å². The molecule has 2 heterocycles. The van der Waals surface area contributed by atoms with Crippen LogP contribution in [-0.4, -0.2) is 54.3 Å². The molecule has 7 heteroatoms. The molecular weight excluding hydrogens is 348 g/mol. The summed E-state index contributed by atoms with van der Waals surface area (Å²) < 4.78 is 0. The number of nitrogens with one attached hydrogen (secondary N) is 2. The Labute approximate surface area is 157 Å². The molecule has 3 rings (SSSR count). The lowest BCUT2D eigenvalue weighted by Gasteiger charge is -2.34. The average molecular weight is 372 g/mol. The summed E-state index contributed by atoms with van der Waals surface area (Å²) >= 11 is 1.79. The number of thiophene rings is 1. The van der Waals surface area contributed by atoms with Crippen LogP contribution in [0.25, 0.3) is 0 Å². The van der Waals surface area contributed by atoms with Crippen LogP contribution in [0.2, 0.25) is 0 Å². The molecule has 0 saturated carbocycles. The maximum absolute atomic E-state index is 12.3. The van der Waals surface area contributed by atoms with Crippen molar-refractivity contribution in [1.82, 2.24) is 9.80 Å². The number of benzene rings is 1. The number of nitrogens with zero attached hydrogens (tertiary/aromatic N) is 2. The minimum absolute atomic E-state index is 0.0309. The highest BCUT2D eigenvalue weighted by molar-refractivity contribution is 7.09. The monoisotopic (exact) mass is 372 g/mol. The van der Waals surface area contributed by atoms with Gasteiger partial charge in [0.15, 0.2) is 0 Å². The molecule has 2 amide bonds. The molecule has 2 aromatic rings. The van der Waals surface area contributed by atoms with Crippen molar-refractivity contribution in [1.29, 1.82) is 0 Å². The van der Waals surface area contributed by atoms with E-state index in [1.54, 1.807) is 23.5 Å². The van der Waals surface area contributed by atoms with Gasteiger partial charge in [0.25, 0.3) is 0 Å². The van der Waals surface area contributed by atoms with Crippen LogP contribution in [0.1, 0.15) is 11.8 Å². The molecule has 2 N–H and O–H groups in total. The van der Waals surface area contributed by atoms with Crippen molar-refractivity contribution in [3.63, 3.8) is 0 Å². The third kappa shape index (κ3) is 5.66. The normalized spacial score (nSPS) is 15.6. The van der Waals surface area contributed by atoms with Gasteiger partial charge in [-0.05, 0) is 29.6 Å². The molecule has 1 fully saturated rings. The van der Waals surface area contributed by atoms with Gasteiger partial charge >= 0.3 is 0 Å². The Morgan fingerprint density at radius 1 is 1.00 bits per heavy atom. The Balaban J connectivity index is 1.43. The summed E-state index contributed by atoms with van der Waals surface area (Å²) in [6.07, 6.45) is 0. The zero-order valence-electron chi connectivity index (χ0n) is 14.9. The van der Waals surface area contributed by atoms with Crippen LogP contribution in [0.15, 0.2) is 41.8 Å². The molecule has 0 atom stereocenters. The molecule has 1 aliphatic rings. The van der Waals surface area contributed by atoms with Gasteiger partial charge < -0.3 is 10.6 Å². The highest BCUT2D eigenvalue weighted by Crippen LogP contribution is 2.16. The van der Waals surface area contributed by atoms with Gasteiger partial charge in [0, 0.05) is 55.9 Å². The molecule has 0 spiro atoms. The van der Waals surface area contributed by atoms with E-state index in [0.717, 1.165) is 32.7 Å². The predicted molar refractivity (Wildman–Crippen MR) is 105 cm³/mol. The van der Waals surface area contributed by atoms with Gasteiger partial charge in [0.2, 0.25) is 11.8 Å². The van der Waals surface area contributed by atoms with Gasteiger partial charge in [0.05, 0.1) is 6.54 Å². The van der Waals surface area contributed by atoms with Crippen molar-refractivity contribution in [3.8, 4) is 0 Å². The Bertz CT molecular complexity index is 740.